The van der Waals surface area contributed by atoms with Gasteiger partial charge in [0.05, 0.1) is 12.6 Å². The van der Waals surface area contributed by atoms with Crippen LogP contribution in [0, 0.1) is 12.7 Å². The van der Waals surface area contributed by atoms with Gasteiger partial charge in [0.2, 0.25) is 0 Å². The van der Waals surface area contributed by atoms with Crippen molar-refractivity contribution in [2.45, 2.75) is 74.3 Å². The fourth-order valence-electron chi connectivity index (χ4n) is 5.01. The van der Waals surface area contributed by atoms with Crippen LogP contribution in [0.5, 0.6) is 0 Å². The third-order valence-corrected chi connectivity index (χ3v) is 8.93. The number of alkyl halides is 2. The Bertz CT molecular complexity index is 1120. The highest BCUT2D eigenvalue weighted by atomic mass is 32.2. The van der Waals surface area contributed by atoms with Crippen LogP contribution in [0.2, 0.25) is 0 Å². The maximum Gasteiger partial charge on any atom is 0.286 e. The summed E-state index contributed by atoms with van der Waals surface area (Å²) in [6.07, 6.45) is 2.25. The summed E-state index contributed by atoms with van der Waals surface area (Å²) in [5.74, 6) is -4.68. The van der Waals surface area contributed by atoms with Gasteiger partial charge in [0.15, 0.2) is 0 Å². The molecule has 3 atom stereocenters. The van der Waals surface area contributed by atoms with Gasteiger partial charge in [-0.3, -0.25) is 4.79 Å². The predicted molar refractivity (Wildman–Crippen MR) is 128 cm³/mol. The van der Waals surface area contributed by atoms with Crippen molar-refractivity contribution in [3.05, 3.63) is 59.4 Å². The van der Waals surface area contributed by atoms with Gasteiger partial charge in [-0.15, -0.1) is 4.72 Å². The van der Waals surface area contributed by atoms with Crippen LogP contribution in [-0.2, 0) is 22.6 Å². The number of benzene rings is 2. The lowest BCUT2D eigenvalue weighted by Crippen LogP contribution is -2.57. The highest BCUT2D eigenvalue weighted by Crippen LogP contribution is 2.41. The molecule has 9 heteroatoms. The molecule has 1 amide bonds. The molecule has 2 aromatic rings. The van der Waals surface area contributed by atoms with E-state index in [2.05, 4.69) is 4.72 Å². The second-order valence-corrected chi connectivity index (χ2v) is 11.6. The van der Waals surface area contributed by atoms with Crippen LogP contribution in [0.15, 0.2) is 42.5 Å². The second-order valence-electron chi connectivity index (χ2n) is 10.1. The summed E-state index contributed by atoms with van der Waals surface area (Å²) < 4.78 is 61.3. The zero-order valence-electron chi connectivity index (χ0n) is 19.5. The first-order chi connectivity index (χ1) is 16.6. The molecule has 3 fully saturated rings. The van der Waals surface area contributed by atoms with E-state index in [1.807, 2.05) is 25.1 Å². The van der Waals surface area contributed by atoms with Crippen LogP contribution in [0.3, 0.4) is 0 Å². The Hall–Kier alpha value is -2.07. The third-order valence-electron chi connectivity index (χ3n) is 7.37. The molecule has 0 spiro atoms. The van der Waals surface area contributed by atoms with Gasteiger partial charge >= 0.3 is 0 Å². The molecule has 188 valence electrons. The molecule has 0 bridgehead atoms. The standard InChI is InChI=1S/C26H29F3N2O3S/c1-16-5-2-6-17(13-16)20-8-3-7-18(22(20)27)14-21-23(30-35(34)19-9-10-19)26(28,29)15-31(21)24(32)25(33)11-4-12-25/h2-3,5-8,13,19,21,23,30,33H,4,9-12,14-15H2,1H3/t21-,23+,35?/m0/s1. The second kappa shape index (κ2) is 9.10. The van der Waals surface area contributed by atoms with Gasteiger partial charge in [-0.05, 0) is 43.7 Å². The Labute approximate surface area is 206 Å². The molecular weight excluding hydrogens is 477 g/mol. The summed E-state index contributed by atoms with van der Waals surface area (Å²) in [6, 6.07) is 9.40. The fraction of sp³-hybridized carbons (Fsp3) is 0.500. The number of amides is 1. The van der Waals surface area contributed by atoms with E-state index >= 15 is 13.2 Å². The number of likely N-dealkylation sites (tertiary alicyclic amines) is 1. The summed E-state index contributed by atoms with van der Waals surface area (Å²) in [7, 11) is 0. The molecular formula is C26H29F3N2O3S. The number of hydrogen-bond acceptors (Lipinski definition) is 4. The van der Waals surface area contributed by atoms with E-state index in [1.165, 1.54) is 6.07 Å². The number of carbonyl (C=O) groups is 1. The molecule has 2 aliphatic carbocycles. The molecule has 2 N–H and O–H groups in total. The van der Waals surface area contributed by atoms with E-state index < -0.39 is 53.2 Å². The topological polar surface area (TPSA) is 75.6 Å². The van der Waals surface area contributed by atoms with Gasteiger partial charge in [0.25, 0.3) is 11.8 Å². The molecule has 35 heavy (non-hydrogen) atoms. The maximum absolute atomic E-state index is 15.7. The third kappa shape index (κ3) is 4.71. The number of aryl methyl sites for hydroxylation is 1. The number of carbonyl (C=O) groups excluding carboxylic acids is 1. The van der Waals surface area contributed by atoms with Crippen LogP contribution in [-0.4, -0.2) is 55.9 Å². The van der Waals surface area contributed by atoms with E-state index in [9.17, 15) is 14.5 Å². The Morgan fingerprint density at radius 1 is 1.23 bits per heavy atom. The average Bonchev–Trinajstić information content (AvgIpc) is 3.61. The molecule has 0 radical (unpaired) electrons. The van der Waals surface area contributed by atoms with Crippen molar-refractivity contribution in [2.75, 3.05) is 6.54 Å². The number of nitrogens with one attached hydrogen (secondary N) is 1. The molecule has 1 unspecified atom stereocenters. The first kappa shape index (κ1) is 24.6. The fourth-order valence-corrected chi connectivity index (χ4v) is 6.35. The van der Waals surface area contributed by atoms with Crippen molar-refractivity contribution < 1.29 is 27.6 Å². The highest BCUT2D eigenvalue weighted by molar-refractivity contribution is 7.90. The monoisotopic (exact) mass is 506 g/mol. The summed E-state index contributed by atoms with van der Waals surface area (Å²) in [6.45, 7) is 0.994. The zero-order valence-corrected chi connectivity index (χ0v) is 20.3. The molecule has 2 aromatic carbocycles. The van der Waals surface area contributed by atoms with Gasteiger partial charge in [-0.25, -0.2) is 13.2 Å². The van der Waals surface area contributed by atoms with Gasteiger partial charge in [0.1, 0.15) is 22.7 Å². The Balaban J connectivity index is 1.49. The normalized spacial score (nSPS) is 25.8. The largest absolute Gasteiger partial charge is 0.598 e. The number of hydrogen-bond donors (Lipinski definition) is 2. The van der Waals surface area contributed by atoms with Crippen LogP contribution >= 0.6 is 0 Å². The van der Waals surface area contributed by atoms with Crippen LogP contribution in [0.25, 0.3) is 11.1 Å². The molecule has 1 aliphatic heterocycles. The summed E-state index contributed by atoms with van der Waals surface area (Å²) in [5.41, 5.74) is 0.495. The van der Waals surface area contributed by atoms with Crippen molar-refractivity contribution in [1.29, 1.82) is 0 Å². The SMILES string of the molecule is Cc1cccc(-c2cccc(C[C@H]3[C@@H](N[S+]([O-])C4CC4)C(F)(F)CN3C(=O)C3(O)CCC3)c2F)c1. The number of aliphatic hydroxyl groups is 1. The summed E-state index contributed by atoms with van der Waals surface area (Å²) in [4.78, 5) is 14.2. The Kier molecular flexibility index (Phi) is 6.40. The Morgan fingerprint density at radius 3 is 2.57 bits per heavy atom. The minimum Gasteiger partial charge on any atom is -0.598 e. The van der Waals surface area contributed by atoms with E-state index in [0.717, 1.165) is 10.5 Å². The van der Waals surface area contributed by atoms with E-state index in [1.54, 1.807) is 18.2 Å². The Morgan fingerprint density at radius 2 is 1.94 bits per heavy atom. The molecule has 3 aliphatic rings. The van der Waals surface area contributed by atoms with Gasteiger partial charge in [-0.1, -0.05) is 48.0 Å². The van der Waals surface area contributed by atoms with Crippen LogP contribution < -0.4 is 4.72 Å². The van der Waals surface area contributed by atoms with Crippen LogP contribution in [0.4, 0.5) is 13.2 Å². The minimum absolute atomic E-state index is 0.187. The summed E-state index contributed by atoms with van der Waals surface area (Å²) >= 11 is -1.68. The minimum atomic E-state index is -3.38. The van der Waals surface area contributed by atoms with Crippen molar-refractivity contribution in [3.63, 3.8) is 0 Å². The van der Waals surface area contributed by atoms with Gasteiger partial charge < -0.3 is 14.6 Å². The smallest absolute Gasteiger partial charge is 0.286 e. The lowest BCUT2D eigenvalue weighted by atomic mass is 9.79. The highest BCUT2D eigenvalue weighted by Gasteiger charge is 2.61. The van der Waals surface area contributed by atoms with Crippen LogP contribution in [0.1, 0.15) is 43.2 Å². The average molecular weight is 507 g/mol. The predicted octanol–water partition coefficient (Wildman–Crippen LogP) is 3.89. The lowest BCUT2D eigenvalue weighted by molar-refractivity contribution is -0.162. The van der Waals surface area contributed by atoms with E-state index in [-0.39, 0.29) is 30.1 Å². The lowest BCUT2D eigenvalue weighted by Gasteiger charge is -2.40. The van der Waals surface area contributed by atoms with Crippen molar-refractivity contribution >= 4 is 17.3 Å². The molecule has 5 nitrogen and oxygen atoms in total. The number of halogens is 3. The molecule has 5 rings (SSSR count). The van der Waals surface area contributed by atoms with Crippen molar-refractivity contribution in [2.24, 2.45) is 0 Å². The van der Waals surface area contributed by atoms with E-state index in [4.69, 9.17) is 0 Å². The van der Waals surface area contributed by atoms with Gasteiger partial charge in [0, 0.05) is 29.8 Å². The van der Waals surface area contributed by atoms with Gasteiger partial charge in [-0.2, -0.15) is 0 Å². The summed E-state index contributed by atoms with van der Waals surface area (Å²) in [5, 5.41) is 10.5. The first-order valence-corrected chi connectivity index (χ1v) is 13.2. The zero-order chi connectivity index (χ0) is 25.0. The van der Waals surface area contributed by atoms with Crippen molar-refractivity contribution in [1.82, 2.24) is 9.62 Å². The quantitative estimate of drug-likeness (QED) is 0.559. The number of nitrogens with zero attached hydrogens (tertiary/aromatic N) is 1. The maximum atomic E-state index is 15.7. The molecule has 1 saturated heterocycles. The molecule has 0 aromatic heterocycles. The molecule has 2 saturated carbocycles. The van der Waals surface area contributed by atoms with E-state index in [0.29, 0.717) is 30.4 Å². The van der Waals surface area contributed by atoms with Crippen molar-refractivity contribution in [3.8, 4) is 11.1 Å². The molecule has 1 heterocycles. The first-order valence-electron chi connectivity index (χ1n) is 12.0. The number of rotatable bonds is 7.